The molecule has 2 unspecified atom stereocenters. The lowest BCUT2D eigenvalue weighted by atomic mass is 10.2. The number of rotatable bonds is 1. The summed E-state index contributed by atoms with van der Waals surface area (Å²) >= 11 is 0. The lowest BCUT2D eigenvalue weighted by Gasteiger charge is -2.36. The Bertz CT molecular complexity index is 380. The first-order valence-corrected chi connectivity index (χ1v) is 6.10. The summed E-state index contributed by atoms with van der Waals surface area (Å²) in [5, 5.41) is 11.7. The number of likely N-dealkylation sites (tertiary alicyclic amines) is 1. The first-order valence-electron chi connectivity index (χ1n) is 6.10. The van der Waals surface area contributed by atoms with Crippen LogP contribution in [0.15, 0.2) is 0 Å². The number of aliphatic carboxylic acids is 1. The Hall–Kier alpha value is -1.79. The van der Waals surface area contributed by atoms with E-state index in [0.29, 0.717) is 32.5 Å². The smallest absolute Gasteiger partial charge is 0.326 e. The van der Waals surface area contributed by atoms with Gasteiger partial charge in [0.25, 0.3) is 0 Å². The van der Waals surface area contributed by atoms with Gasteiger partial charge in [0.05, 0.1) is 0 Å². The lowest BCUT2D eigenvalue weighted by molar-refractivity contribution is -0.141. The molecule has 0 radical (unpaired) electrons. The van der Waals surface area contributed by atoms with Gasteiger partial charge in [0.2, 0.25) is 5.91 Å². The number of carbonyl (C=O) groups excluding carboxylic acids is 2. The number of carboxylic acids is 1. The van der Waals surface area contributed by atoms with Gasteiger partial charge in [-0.2, -0.15) is 0 Å². The maximum Gasteiger partial charge on any atom is 0.326 e. The van der Waals surface area contributed by atoms with Crippen molar-refractivity contribution in [3.8, 4) is 0 Å². The summed E-state index contributed by atoms with van der Waals surface area (Å²) in [4.78, 5) is 37.6. The molecule has 0 aromatic rings. The number of carboxylic acid groups (broad SMARTS) is 1. The molecule has 7 nitrogen and oxygen atoms in total. The van der Waals surface area contributed by atoms with Gasteiger partial charge in [-0.15, -0.1) is 0 Å². The van der Waals surface area contributed by atoms with Gasteiger partial charge in [-0.3, -0.25) is 4.79 Å². The summed E-state index contributed by atoms with van der Waals surface area (Å²) in [6, 6.07) is -1.64. The van der Waals surface area contributed by atoms with E-state index in [0.717, 1.165) is 0 Å². The molecule has 0 spiro atoms. The summed E-state index contributed by atoms with van der Waals surface area (Å²) < 4.78 is 0. The molecule has 2 fully saturated rings. The predicted octanol–water partition coefficient (Wildman–Crippen LogP) is -0.524. The van der Waals surface area contributed by atoms with Crippen molar-refractivity contribution in [3.63, 3.8) is 0 Å². The fraction of sp³-hybridized carbons (Fsp3) is 0.727. The largest absolute Gasteiger partial charge is 0.480 e. The topological polar surface area (TPSA) is 90.0 Å². The monoisotopic (exact) mass is 255 g/mol. The summed E-state index contributed by atoms with van der Waals surface area (Å²) in [7, 11) is 0. The van der Waals surface area contributed by atoms with Gasteiger partial charge in [0.1, 0.15) is 12.1 Å². The highest BCUT2D eigenvalue weighted by Gasteiger charge is 2.39. The van der Waals surface area contributed by atoms with Crippen molar-refractivity contribution >= 4 is 17.9 Å². The number of carbonyl (C=O) groups is 3. The van der Waals surface area contributed by atoms with Gasteiger partial charge < -0.3 is 20.2 Å². The van der Waals surface area contributed by atoms with Crippen molar-refractivity contribution in [2.75, 3.05) is 19.6 Å². The molecule has 2 heterocycles. The fourth-order valence-electron chi connectivity index (χ4n) is 2.46. The maximum absolute atomic E-state index is 12.3. The van der Waals surface area contributed by atoms with Crippen LogP contribution in [0.5, 0.6) is 0 Å². The quantitative estimate of drug-likeness (QED) is 0.659. The van der Waals surface area contributed by atoms with Crippen LogP contribution < -0.4 is 5.32 Å². The number of nitrogens with one attached hydrogen (secondary N) is 1. The fourth-order valence-corrected chi connectivity index (χ4v) is 2.46. The van der Waals surface area contributed by atoms with Crippen molar-refractivity contribution in [1.82, 2.24) is 15.1 Å². The molecule has 7 heteroatoms. The minimum absolute atomic E-state index is 0.194. The highest BCUT2D eigenvalue weighted by atomic mass is 16.4. The van der Waals surface area contributed by atoms with Crippen molar-refractivity contribution in [3.05, 3.63) is 0 Å². The third kappa shape index (κ3) is 2.12. The zero-order valence-electron chi connectivity index (χ0n) is 10.3. The van der Waals surface area contributed by atoms with Gasteiger partial charge in [0, 0.05) is 19.6 Å². The van der Waals surface area contributed by atoms with Crippen molar-refractivity contribution in [1.29, 1.82) is 0 Å². The molecule has 2 N–H and O–H groups in total. The average molecular weight is 255 g/mol. The van der Waals surface area contributed by atoms with Crippen LogP contribution in [-0.4, -0.2) is 64.5 Å². The predicted molar refractivity (Wildman–Crippen MR) is 61.9 cm³/mol. The standard InChI is InChI=1S/C11H17N3O4/c1-7-9(15)12-4-6-13(7)11(18)14-5-2-3-8(14)10(16)17/h7-8H,2-6H2,1H3,(H,12,15)(H,16,17). The second-order valence-corrected chi connectivity index (χ2v) is 4.63. The van der Waals surface area contributed by atoms with Gasteiger partial charge in [-0.1, -0.05) is 0 Å². The Morgan fingerprint density at radius 3 is 2.72 bits per heavy atom. The number of hydrogen-bond donors (Lipinski definition) is 2. The highest BCUT2D eigenvalue weighted by molar-refractivity contribution is 5.89. The second kappa shape index (κ2) is 4.83. The summed E-state index contributed by atoms with van der Waals surface area (Å²) in [6.45, 7) is 2.94. The molecular weight excluding hydrogens is 238 g/mol. The molecule has 0 bridgehead atoms. The number of hydrogen-bond acceptors (Lipinski definition) is 3. The van der Waals surface area contributed by atoms with Gasteiger partial charge in [0.15, 0.2) is 0 Å². The molecule has 100 valence electrons. The zero-order chi connectivity index (χ0) is 13.3. The van der Waals surface area contributed by atoms with Crippen LogP contribution in [0, 0.1) is 0 Å². The van der Waals surface area contributed by atoms with Gasteiger partial charge >= 0.3 is 12.0 Å². The molecule has 0 saturated carbocycles. The number of nitrogens with zero attached hydrogens (tertiary/aromatic N) is 2. The summed E-state index contributed by atoms with van der Waals surface area (Å²) in [5.74, 6) is -1.17. The Morgan fingerprint density at radius 1 is 1.33 bits per heavy atom. The molecule has 2 aliphatic heterocycles. The van der Waals surface area contributed by atoms with Crippen LogP contribution in [-0.2, 0) is 9.59 Å². The van der Waals surface area contributed by atoms with Crippen LogP contribution in [0.2, 0.25) is 0 Å². The molecule has 0 aliphatic carbocycles. The summed E-state index contributed by atoms with van der Waals surface area (Å²) in [5.41, 5.74) is 0. The SMILES string of the molecule is CC1C(=O)NCCN1C(=O)N1CCCC1C(=O)O. The van der Waals surface area contributed by atoms with Crippen LogP contribution in [0.3, 0.4) is 0 Å². The van der Waals surface area contributed by atoms with E-state index in [2.05, 4.69) is 5.32 Å². The maximum atomic E-state index is 12.3. The molecule has 18 heavy (non-hydrogen) atoms. The molecule has 0 aromatic carbocycles. The van der Waals surface area contributed by atoms with E-state index in [1.807, 2.05) is 0 Å². The minimum Gasteiger partial charge on any atom is -0.480 e. The molecule has 2 aliphatic rings. The molecular formula is C11H17N3O4. The number of piperazine rings is 1. The third-order valence-corrected chi connectivity index (χ3v) is 3.53. The van der Waals surface area contributed by atoms with Crippen LogP contribution >= 0.6 is 0 Å². The molecule has 2 saturated heterocycles. The highest BCUT2D eigenvalue weighted by Crippen LogP contribution is 2.20. The summed E-state index contributed by atoms with van der Waals surface area (Å²) in [6.07, 6.45) is 1.17. The van der Waals surface area contributed by atoms with Crippen LogP contribution in [0.1, 0.15) is 19.8 Å². The molecule has 2 atom stereocenters. The van der Waals surface area contributed by atoms with Crippen molar-refractivity contribution in [2.24, 2.45) is 0 Å². The molecule has 0 aromatic heterocycles. The Kier molecular flexibility index (Phi) is 3.40. The van der Waals surface area contributed by atoms with Crippen LogP contribution in [0.4, 0.5) is 4.79 Å². The van der Waals surface area contributed by atoms with E-state index in [-0.39, 0.29) is 11.9 Å². The van der Waals surface area contributed by atoms with Crippen molar-refractivity contribution < 1.29 is 19.5 Å². The lowest BCUT2D eigenvalue weighted by Crippen LogP contribution is -2.60. The number of amides is 3. The van der Waals surface area contributed by atoms with E-state index in [1.165, 1.54) is 9.80 Å². The minimum atomic E-state index is -0.977. The van der Waals surface area contributed by atoms with Crippen LogP contribution in [0.25, 0.3) is 0 Å². The second-order valence-electron chi connectivity index (χ2n) is 4.63. The molecule has 3 amide bonds. The van der Waals surface area contributed by atoms with E-state index in [4.69, 9.17) is 5.11 Å². The van der Waals surface area contributed by atoms with E-state index >= 15 is 0 Å². The average Bonchev–Trinajstić information content (AvgIpc) is 2.81. The van der Waals surface area contributed by atoms with E-state index in [9.17, 15) is 14.4 Å². The van der Waals surface area contributed by atoms with Gasteiger partial charge in [-0.05, 0) is 19.8 Å². The first-order chi connectivity index (χ1) is 8.52. The normalized spacial score (nSPS) is 28.2. The zero-order valence-corrected chi connectivity index (χ0v) is 10.3. The first kappa shape index (κ1) is 12.7. The van der Waals surface area contributed by atoms with Gasteiger partial charge in [-0.25, -0.2) is 9.59 Å². The van der Waals surface area contributed by atoms with E-state index < -0.39 is 18.1 Å². The number of urea groups is 1. The third-order valence-electron chi connectivity index (χ3n) is 3.53. The molecule has 2 rings (SSSR count). The Morgan fingerprint density at radius 2 is 2.06 bits per heavy atom. The van der Waals surface area contributed by atoms with E-state index in [1.54, 1.807) is 6.92 Å². The Balaban J connectivity index is 2.10. The Labute approximate surface area is 105 Å². The van der Waals surface area contributed by atoms with Crippen molar-refractivity contribution in [2.45, 2.75) is 31.8 Å².